The molecule has 2 aromatic carbocycles. The van der Waals surface area contributed by atoms with Crippen LogP contribution in [0.5, 0.6) is 11.5 Å². The minimum atomic E-state index is -0.415. The smallest absolute Gasteiger partial charge is 0.240 e. The van der Waals surface area contributed by atoms with Crippen LogP contribution in [0.3, 0.4) is 0 Å². The lowest BCUT2D eigenvalue weighted by atomic mass is 9.87. The van der Waals surface area contributed by atoms with Gasteiger partial charge in [0.05, 0.1) is 48.2 Å². The molecule has 40 heavy (non-hydrogen) atoms. The van der Waals surface area contributed by atoms with Crippen LogP contribution in [-0.2, 0) is 19.7 Å². The highest BCUT2D eigenvalue weighted by atomic mass is 35.5. The van der Waals surface area contributed by atoms with Gasteiger partial charge in [-0.05, 0) is 30.3 Å². The molecule has 1 aliphatic rings. The van der Waals surface area contributed by atoms with E-state index < -0.39 is 5.41 Å². The number of fused-ring (bicyclic) bond motifs is 1. The molecule has 9 nitrogen and oxygen atoms in total. The van der Waals surface area contributed by atoms with Gasteiger partial charge in [-0.3, -0.25) is 14.5 Å². The summed E-state index contributed by atoms with van der Waals surface area (Å²) < 4.78 is 18.1. The van der Waals surface area contributed by atoms with Crippen LogP contribution in [0, 0.1) is 0 Å². The Morgan fingerprint density at radius 3 is 2.55 bits per heavy atom. The van der Waals surface area contributed by atoms with Gasteiger partial charge < -0.3 is 19.5 Å². The third kappa shape index (κ3) is 6.09. The van der Waals surface area contributed by atoms with Crippen molar-refractivity contribution in [2.45, 2.75) is 31.4 Å². The molecule has 11 heteroatoms. The minimum Gasteiger partial charge on any atom is -0.497 e. The van der Waals surface area contributed by atoms with Crippen molar-refractivity contribution >= 4 is 41.0 Å². The van der Waals surface area contributed by atoms with Crippen LogP contribution in [0.4, 0.5) is 5.82 Å². The first kappa shape index (κ1) is 29.8. The fraction of sp³-hybridized carbons (Fsp3) is 0.414. The Bertz CT molecular complexity index is 1390. The number of nitrogens with one attached hydrogen (secondary N) is 1. The Morgan fingerprint density at radius 1 is 1.15 bits per heavy atom. The molecule has 2 amide bonds. The normalized spacial score (nSPS) is 15.4. The van der Waals surface area contributed by atoms with Crippen LogP contribution in [-0.4, -0.2) is 68.4 Å². The molecule has 1 atom stereocenters. The summed E-state index contributed by atoms with van der Waals surface area (Å²) in [4.78, 5) is 28.4. The molecule has 0 spiro atoms. The van der Waals surface area contributed by atoms with E-state index in [9.17, 15) is 9.59 Å². The Balaban J connectivity index is 2.02. The number of hydrogen-bond donors (Lipinski definition) is 1. The number of methoxy groups -OCH3 is 3. The van der Waals surface area contributed by atoms with Crippen LogP contribution >= 0.6 is 23.4 Å². The number of rotatable bonds is 9. The quantitative estimate of drug-likeness (QED) is 0.361. The van der Waals surface area contributed by atoms with Crippen molar-refractivity contribution in [3.8, 4) is 17.2 Å². The number of aromatic nitrogens is 2. The highest BCUT2D eigenvalue weighted by molar-refractivity contribution is 8.00. The number of carbonyl (C=O) groups is 2. The molecule has 0 fully saturated rings. The standard InChI is InChI=1S/C29H35ClN4O5S/c1-29(2,3)27-25-26(19-15-18(38-5)11-12-22(19)39-6)40-17-24(36)33(16-23(35)31-13-14-37-4)28(25)34(32-27)21-10-8-7-9-20(21)30/h7-12,15,26H,13-14,16-17H2,1-6H3,(H,31,35). The highest BCUT2D eigenvalue weighted by Gasteiger charge is 2.41. The first-order valence-electron chi connectivity index (χ1n) is 12.9. The van der Waals surface area contributed by atoms with E-state index in [0.717, 1.165) is 16.8 Å². The molecule has 0 bridgehead atoms. The van der Waals surface area contributed by atoms with Gasteiger partial charge >= 0.3 is 0 Å². The Kier molecular flexibility index (Phi) is 9.33. The van der Waals surface area contributed by atoms with Gasteiger partial charge in [0.25, 0.3) is 0 Å². The fourth-order valence-electron chi connectivity index (χ4n) is 4.65. The number of ether oxygens (including phenoxy) is 3. The lowest BCUT2D eigenvalue weighted by Gasteiger charge is -2.25. The zero-order chi connectivity index (χ0) is 29.0. The lowest BCUT2D eigenvalue weighted by Crippen LogP contribution is -2.43. The van der Waals surface area contributed by atoms with Crippen molar-refractivity contribution in [1.82, 2.24) is 15.1 Å². The predicted octanol–water partition coefficient (Wildman–Crippen LogP) is 4.77. The second-order valence-electron chi connectivity index (χ2n) is 10.3. The first-order chi connectivity index (χ1) is 19.1. The second kappa shape index (κ2) is 12.5. The molecular formula is C29H35ClN4O5S. The molecule has 1 N–H and O–H groups in total. The molecule has 1 aromatic heterocycles. The summed E-state index contributed by atoms with van der Waals surface area (Å²) in [5, 5.41) is 8.03. The summed E-state index contributed by atoms with van der Waals surface area (Å²) in [6.45, 7) is 6.74. The molecule has 1 unspecified atom stereocenters. The third-order valence-corrected chi connectivity index (χ3v) is 8.09. The van der Waals surface area contributed by atoms with E-state index in [2.05, 4.69) is 26.1 Å². The summed E-state index contributed by atoms with van der Waals surface area (Å²) in [5.74, 6) is 1.45. The van der Waals surface area contributed by atoms with E-state index in [1.807, 2.05) is 36.4 Å². The number of anilines is 1. The maximum atomic E-state index is 13.8. The van der Waals surface area contributed by atoms with Crippen LogP contribution in [0.15, 0.2) is 42.5 Å². The number of para-hydroxylation sites is 1. The van der Waals surface area contributed by atoms with E-state index in [0.29, 0.717) is 41.2 Å². The minimum absolute atomic E-state index is 0.136. The maximum Gasteiger partial charge on any atom is 0.240 e. The van der Waals surface area contributed by atoms with E-state index in [4.69, 9.17) is 30.9 Å². The average molecular weight is 587 g/mol. The van der Waals surface area contributed by atoms with Crippen molar-refractivity contribution in [1.29, 1.82) is 0 Å². The number of thioether (sulfide) groups is 1. The number of carbonyl (C=O) groups excluding carboxylic acids is 2. The van der Waals surface area contributed by atoms with Gasteiger partial charge in [-0.1, -0.05) is 44.5 Å². The molecule has 0 saturated carbocycles. The third-order valence-electron chi connectivity index (χ3n) is 6.53. The lowest BCUT2D eigenvalue weighted by molar-refractivity contribution is -0.123. The molecule has 0 radical (unpaired) electrons. The van der Waals surface area contributed by atoms with E-state index in [1.165, 1.54) is 16.7 Å². The summed E-state index contributed by atoms with van der Waals surface area (Å²) >= 11 is 8.15. The Hall–Kier alpha value is -3.21. The molecule has 1 aliphatic heterocycles. The Morgan fingerprint density at radius 2 is 1.90 bits per heavy atom. The van der Waals surface area contributed by atoms with Crippen molar-refractivity contribution in [2.24, 2.45) is 0 Å². The van der Waals surface area contributed by atoms with Crippen molar-refractivity contribution in [2.75, 3.05) is 51.7 Å². The topological polar surface area (TPSA) is 94.9 Å². The molecule has 3 aromatic rings. The molecule has 0 saturated heterocycles. The summed E-state index contributed by atoms with van der Waals surface area (Å²) in [5.41, 5.74) is 2.64. The van der Waals surface area contributed by atoms with Gasteiger partial charge in [0.1, 0.15) is 23.9 Å². The monoisotopic (exact) mass is 586 g/mol. The molecule has 4 rings (SSSR count). The SMILES string of the molecule is COCCNC(=O)CN1C(=O)CSC(c2cc(OC)ccc2OC)c2c(C(C)(C)C)nn(-c3ccccc3Cl)c21. The number of benzene rings is 2. The molecule has 0 aliphatic carbocycles. The highest BCUT2D eigenvalue weighted by Crippen LogP contribution is 2.51. The second-order valence-corrected chi connectivity index (χ2v) is 11.8. The number of nitrogens with zero attached hydrogens (tertiary/aromatic N) is 3. The zero-order valence-corrected chi connectivity index (χ0v) is 25.2. The van der Waals surface area contributed by atoms with Gasteiger partial charge in [-0.15, -0.1) is 11.8 Å². The number of halogens is 1. The molecule has 2 heterocycles. The van der Waals surface area contributed by atoms with E-state index >= 15 is 0 Å². The van der Waals surface area contributed by atoms with Crippen LogP contribution in [0.25, 0.3) is 5.69 Å². The van der Waals surface area contributed by atoms with E-state index in [1.54, 1.807) is 32.1 Å². The predicted molar refractivity (Wildman–Crippen MR) is 158 cm³/mol. The fourth-order valence-corrected chi connectivity index (χ4v) is 6.07. The zero-order valence-electron chi connectivity index (χ0n) is 23.6. The summed E-state index contributed by atoms with van der Waals surface area (Å²) in [6.07, 6.45) is 0. The molecule has 214 valence electrons. The number of amides is 2. The van der Waals surface area contributed by atoms with Gasteiger partial charge in [-0.25, -0.2) is 4.68 Å². The van der Waals surface area contributed by atoms with Crippen molar-refractivity contribution in [3.05, 3.63) is 64.3 Å². The van der Waals surface area contributed by atoms with Gasteiger partial charge in [-0.2, -0.15) is 5.10 Å². The first-order valence-corrected chi connectivity index (χ1v) is 14.3. The summed E-state index contributed by atoms with van der Waals surface area (Å²) in [6, 6.07) is 13.0. The van der Waals surface area contributed by atoms with Crippen LogP contribution < -0.4 is 19.7 Å². The summed E-state index contributed by atoms with van der Waals surface area (Å²) in [7, 11) is 4.80. The number of hydrogen-bond acceptors (Lipinski definition) is 7. The van der Waals surface area contributed by atoms with Crippen LogP contribution in [0.1, 0.15) is 42.8 Å². The average Bonchev–Trinajstić information content (AvgIpc) is 3.26. The van der Waals surface area contributed by atoms with Gasteiger partial charge in [0.15, 0.2) is 0 Å². The maximum absolute atomic E-state index is 13.8. The van der Waals surface area contributed by atoms with E-state index in [-0.39, 0.29) is 29.4 Å². The Labute approximate surface area is 244 Å². The molecular weight excluding hydrogens is 552 g/mol. The van der Waals surface area contributed by atoms with Gasteiger partial charge in [0.2, 0.25) is 11.8 Å². The van der Waals surface area contributed by atoms with Crippen molar-refractivity contribution in [3.63, 3.8) is 0 Å². The van der Waals surface area contributed by atoms with Crippen LogP contribution in [0.2, 0.25) is 5.02 Å². The largest absolute Gasteiger partial charge is 0.497 e. The van der Waals surface area contributed by atoms with Crippen molar-refractivity contribution < 1.29 is 23.8 Å². The van der Waals surface area contributed by atoms with Gasteiger partial charge in [0, 0.05) is 30.2 Å².